The van der Waals surface area contributed by atoms with Crippen molar-refractivity contribution in [2.45, 2.75) is 25.9 Å². The summed E-state index contributed by atoms with van der Waals surface area (Å²) in [6.45, 7) is 4.05. The second kappa shape index (κ2) is 6.16. The number of pyridine rings is 1. The zero-order chi connectivity index (χ0) is 13.8. The number of nitro groups is 1. The third-order valence-corrected chi connectivity index (χ3v) is 3.37. The van der Waals surface area contributed by atoms with Gasteiger partial charge in [-0.15, -0.1) is 0 Å². The molecule has 2 heterocycles. The highest BCUT2D eigenvalue weighted by Crippen LogP contribution is 2.30. The molecule has 0 radical (unpaired) electrons. The molecule has 7 heteroatoms. The number of nitrogens with zero attached hydrogens (tertiary/aromatic N) is 3. The molecule has 1 fully saturated rings. The van der Waals surface area contributed by atoms with Crippen LogP contribution >= 0.6 is 11.6 Å². The zero-order valence-electron chi connectivity index (χ0n) is 10.7. The molecule has 1 aromatic rings. The van der Waals surface area contributed by atoms with Crippen LogP contribution in [0.5, 0.6) is 0 Å². The van der Waals surface area contributed by atoms with Crippen molar-refractivity contribution in [3.63, 3.8) is 0 Å². The van der Waals surface area contributed by atoms with Crippen LogP contribution < -0.4 is 4.90 Å². The van der Waals surface area contributed by atoms with Gasteiger partial charge in [0.1, 0.15) is 5.15 Å². The lowest BCUT2D eigenvalue weighted by atomic mass is 10.1. The summed E-state index contributed by atoms with van der Waals surface area (Å²) < 4.78 is 5.56. The summed E-state index contributed by atoms with van der Waals surface area (Å²) in [4.78, 5) is 16.6. The lowest BCUT2D eigenvalue weighted by Crippen LogP contribution is -2.37. The van der Waals surface area contributed by atoms with Crippen LogP contribution in [0.3, 0.4) is 0 Å². The summed E-state index contributed by atoms with van der Waals surface area (Å²) >= 11 is 5.83. The third kappa shape index (κ3) is 3.33. The van der Waals surface area contributed by atoms with Gasteiger partial charge in [0.15, 0.2) is 0 Å². The van der Waals surface area contributed by atoms with E-state index >= 15 is 0 Å². The third-order valence-electron chi connectivity index (χ3n) is 3.16. The van der Waals surface area contributed by atoms with E-state index in [4.69, 9.17) is 16.3 Å². The monoisotopic (exact) mass is 285 g/mol. The van der Waals surface area contributed by atoms with Gasteiger partial charge in [-0.05, 0) is 25.8 Å². The molecule has 0 N–H and O–H groups in total. The smallest absolute Gasteiger partial charge is 0.311 e. The van der Waals surface area contributed by atoms with E-state index in [0.29, 0.717) is 25.5 Å². The first kappa shape index (κ1) is 14.0. The van der Waals surface area contributed by atoms with E-state index in [2.05, 4.69) is 4.98 Å². The van der Waals surface area contributed by atoms with Gasteiger partial charge in [0, 0.05) is 25.8 Å². The molecule has 0 saturated carbocycles. The van der Waals surface area contributed by atoms with Gasteiger partial charge >= 0.3 is 5.69 Å². The number of hydrogen-bond acceptors (Lipinski definition) is 5. The summed E-state index contributed by atoms with van der Waals surface area (Å²) in [6.07, 6.45) is 1.93. The molecule has 0 aromatic carbocycles. The predicted octanol–water partition coefficient (Wildman–Crippen LogP) is 2.65. The van der Waals surface area contributed by atoms with E-state index in [1.54, 1.807) is 0 Å². The van der Waals surface area contributed by atoms with Crippen molar-refractivity contribution in [2.75, 3.05) is 24.6 Å². The van der Waals surface area contributed by atoms with Crippen molar-refractivity contribution in [1.82, 2.24) is 4.98 Å². The van der Waals surface area contributed by atoms with Crippen LogP contribution in [0.1, 0.15) is 19.8 Å². The van der Waals surface area contributed by atoms with E-state index in [1.165, 1.54) is 12.1 Å². The van der Waals surface area contributed by atoms with E-state index in [-0.39, 0.29) is 16.9 Å². The van der Waals surface area contributed by atoms with Crippen LogP contribution in [0.15, 0.2) is 12.1 Å². The first-order chi connectivity index (χ1) is 9.11. The molecular formula is C12H16ClN3O3. The van der Waals surface area contributed by atoms with Crippen LogP contribution in [0.25, 0.3) is 0 Å². The Balaban J connectivity index is 2.14. The largest absolute Gasteiger partial charge is 0.378 e. The van der Waals surface area contributed by atoms with E-state index in [1.807, 2.05) is 11.8 Å². The van der Waals surface area contributed by atoms with Crippen LogP contribution in [-0.4, -0.2) is 35.7 Å². The molecule has 0 atom stereocenters. The summed E-state index contributed by atoms with van der Waals surface area (Å²) in [6, 6.07) is 2.84. The van der Waals surface area contributed by atoms with Crippen LogP contribution in [0, 0.1) is 10.1 Å². The highest BCUT2D eigenvalue weighted by molar-refractivity contribution is 6.29. The molecule has 6 nitrogen and oxygen atoms in total. The van der Waals surface area contributed by atoms with Crippen molar-refractivity contribution in [1.29, 1.82) is 0 Å². The number of hydrogen-bond donors (Lipinski definition) is 0. The molecule has 1 aromatic heterocycles. The molecule has 0 amide bonds. The molecule has 0 aliphatic carbocycles. The molecular weight excluding hydrogens is 270 g/mol. The molecule has 0 spiro atoms. The fourth-order valence-electron chi connectivity index (χ4n) is 2.26. The topological polar surface area (TPSA) is 68.5 Å². The van der Waals surface area contributed by atoms with Crippen molar-refractivity contribution < 1.29 is 9.66 Å². The van der Waals surface area contributed by atoms with Crippen LogP contribution in [0.4, 0.5) is 11.5 Å². The van der Waals surface area contributed by atoms with Gasteiger partial charge in [-0.25, -0.2) is 4.98 Å². The fourth-order valence-corrected chi connectivity index (χ4v) is 2.41. The Morgan fingerprint density at radius 3 is 2.79 bits per heavy atom. The first-order valence-electron chi connectivity index (χ1n) is 6.29. The minimum Gasteiger partial charge on any atom is -0.378 e. The first-order valence-corrected chi connectivity index (χ1v) is 6.67. The average Bonchev–Trinajstić information content (AvgIpc) is 2.39. The minimum absolute atomic E-state index is 0.000685. The highest BCUT2D eigenvalue weighted by atomic mass is 35.5. The van der Waals surface area contributed by atoms with Crippen molar-refractivity contribution in [2.24, 2.45) is 0 Å². The van der Waals surface area contributed by atoms with Gasteiger partial charge in [0.05, 0.1) is 11.0 Å². The minimum atomic E-state index is -0.423. The standard InChI is InChI=1S/C12H16ClN3O3/c1-2-19-9-5-7-15(8-6-9)12-10(16(17)18)3-4-11(13)14-12/h3-4,9H,2,5-8H2,1H3. The Hall–Kier alpha value is -1.40. The van der Waals surface area contributed by atoms with E-state index in [0.717, 1.165) is 12.8 Å². The zero-order valence-corrected chi connectivity index (χ0v) is 11.5. The van der Waals surface area contributed by atoms with Crippen molar-refractivity contribution in [3.05, 3.63) is 27.4 Å². The molecule has 19 heavy (non-hydrogen) atoms. The summed E-state index contributed by atoms with van der Waals surface area (Å²) in [5.74, 6) is 0.354. The maximum atomic E-state index is 11.0. The Labute approximate surface area is 116 Å². The quantitative estimate of drug-likeness (QED) is 0.483. The number of aromatic nitrogens is 1. The molecule has 104 valence electrons. The lowest BCUT2D eigenvalue weighted by molar-refractivity contribution is -0.384. The molecule has 2 rings (SSSR count). The summed E-state index contributed by atoms with van der Waals surface area (Å²) in [5.41, 5.74) is -0.000685. The number of anilines is 1. The SMILES string of the molecule is CCOC1CCN(c2nc(Cl)ccc2[N+](=O)[O-])CC1. The lowest BCUT2D eigenvalue weighted by Gasteiger charge is -2.32. The van der Waals surface area contributed by atoms with Crippen molar-refractivity contribution in [3.8, 4) is 0 Å². The average molecular weight is 286 g/mol. The molecule has 0 bridgehead atoms. The van der Waals surface area contributed by atoms with Gasteiger partial charge < -0.3 is 9.64 Å². The maximum Gasteiger partial charge on any atom is 0.311 e. The summed E-state index contributed by atoms with van der Waals surface area (Å²) in [7, 11) is 0. The van der Waals surface area contributed by atoms with Gasteiger partial charge in [0.25, 0.3) is 0 Å². The fraction of sp³-hybridized carbons (Fsp3) is 0.583. The number of ether oxygens (including phenoxy) is 1. The molecule has 1 saturated heterocycles. The summed E-state index contributed by atoms with van der Waals surface area (Å²) in [5, 5.41) is 11.3. The number of piperidine rings is 1. The van der Waals surface area contributed by atoms with Gasteiger partial charge in [-0.2, -0.15) is 0 Å². The van der Waals surface area contributed by atoms with E-state index < -0.39 is 4.92 Å². The molecule has 1 aliphatic heterocycles. The second-order valence-corrected chi connectivity index (χ2v) is 4.76. The van der Waals surface area contributed by atoms with Gasteiger partial charge in [-0.1, -0.05) is 11.6 Å². The number of halogens is 1. The van der Waals surface area contributed by atoms with E-state index in [9.17, 15) is 10.1 Å². The Kier molecular flexibility index (Phi) is 4.55. The normalized spacial score (nSPS) is 16.6. The Bertz CT molecular complexity index is 462. The van der Waals surface area contributed by atoms with Crippen molar-refractivity contribution >= 4 is 23.1 Å². The van der Waals surface area contributed by atoms with Gasteiger partial charge in [0.2, 0.25) is 5.82 Å². The molecule has 0 unspecified atom stereocenters. The molecule has 1 aliphatic rings. The highest BCUT2D eigenvalue weighted by Gasteiger charge is 2.26. The number of rotatable bonds is 4. The Morgan fingerprint density at radius 1 is 1.53 bits per heavy atom. The predicted molar refractivity (Wildman–Crippen MR) is 72.8 cm³/mol. The maximum absolute atomic E-state index is 11.0. The van der Waals surface area contributed by atoms with Gasteiger partial charge in [-0.3, -0.25) is 10.1 Å². The van der Waals surface area contributed by atoms with Crippen LogP contribution in [0.2, 0.25) is 5.15 Å². The van der Waals surface area contributed by atoms with Crippen LogP contribution in [-0.2, 0) is 4.74 Å². The Morgan fingerprint density at radius 2 is 2.21 bits per heavy atom. The second-order valence-electron chi connectivity index (χ2n) is 4.38.